The van der Waals surface area contributed by atoms with Crippen LogP contribution in [0.4, 0.5) is 9.18 Å². The number of carbonyl (C=O) groups is 1. The molecule has 0 aliphatic heterocycles. The van der Waals surface area contributed by atoms with Gasteiger partial charge < -0.3 is 15.4 Å². The fourth-order valence-corrected chi connectivity index (χ4v) is 2.18. The predicted molar refractivity (Wildman–Crippen MR) is 92.8 cm³/mol. The molecule has 0 bridgehead atoms. The minimum Gasteiger partial charge on any atom is -0.491 e. The Hall–Kier alpha value is -2.56. The normalized spacial score (nSPS) is 11.6. The number of hydrogen-bond donors (Lipinski definition) is 2. The van der Waals surface area contributed by atoms with E-state index >= 15 is 0 Å². The van der Waals surface area contributed by atoms with E-state index in [2.05, 4.69) is 10.6 Å². The highest BCUT2D eigenvalue weighted by Gasteiger charge is 2.08. The summed E-state index contributed by atoms with van der Waals surface area (Å²) in [6, 6.07) is 13.9. The van der Waals surface area contributed by atoms with Crippen LogP contribution in [0.3, 0.4) is 0 Å². The van der Waals surface area contributed by atoms with Crippen molar-refractivity contribution in [3.05, 3.63) is 65.5 Å². The van der Waals surface area contributed by atoms with Crippen LogP contribution in [-0.2, 0) is 6.42 Å². The van der Waals surface area contributed by atoms with Crippen molar-refractivity contribution in [3.8, 4) is 5.75 Å². The van der Waals surface area contributed by atoms with Gasteiger partial charge in [-0.2, -0.15) is 0 Å². The van der Waals surface area contributed by atoms with Crippen LogP contribution in [0.1, 0.15) is 18.1 Å². The molecule has 2 aromatic rings. The first-order valence-corrected chi connectivity index (χ1v) is 8.02. The highest BCUT2D eigenvalue weighted by atomic mass is 19.1. The Morgan fingerprint density at radius 3 is 2.58 bits per heavy atom. The van der Waals surface area contributed by atoms with Crippen LogP contribution in [0, 0.1) is 12.7 Å². The van der Waals surface area contributed by atoms with E-state index in [0.717, 1.165) is 5.75 Å². The molecule has 2 N–H and O–H groups in total. The van der Waals surface area contributed by atoms with Gasteiger partial charge in [-0.25, -0.2) is 9.18 Å². The second-order valence-electron chi connectivity index (χ2n) is 5.77. The molecule has 0 radical (unpaired) electrons. The third-order valence-electron chi connectivity index (χ3n) is 3.54. The zero-order valence-electron chi connectivity index (χ0n) is 14.0. The van der Waals surface area contributed by atoms with Gasteiger partial charge in [0.1, 0.15) is 18.2 Å². The summed E-state index contributed by atoms with van der Waals surface area (Å²) in [7, 11) is 0. The standard InChI is InChI=1S/C19H23FN2O2/c1-14-7-9-17(10-8-14)24-13-15(2)22-19(23)21-12-11-16-5-3-4-6-18(16)20/h3-10,15H,11-13H2,1-2H3,(H2,21,22,23). The van der Waals surface area contributed by atoms with Crippen molar-refractivity contribution in [2.45, 2.75) is 26.3 Å². The Morgan fingerprint density at radius 1 is 1.17 bits per heavy atom. The summed E-state index contributed by atoms with van der Waals surface area (Å²) >= 11 is 0. The van der Waals surface area contributed by atoms with Gasteiger partial charge in [-0.05, 0) is 44.0 Å². The van der Waals surface area contributed by atoms with Crippen LogP contribution in [0.15, 0.2) is 48.5 Å². The van der Waals surface area contributed by atoms with E-state index in [-0.39, 0.29) is 17.9 Å². The molecule has 0 saturated carbocycles. The first-order chi connectivity index (χ1) is 11.5. The van der Waals surface area contributed by atoms with Crippen molar-refractivity contribution in [2.75, 3.05) is 13.2 Å². The lowest BCUT2D eigenvalue weighted by Gasteiger charge is -2.16. The number of ether oxygens (including phenoxy) is 1. The molecule has 4 nitrogen and oxygen atoms in total. The van der Waals surface area contributed by atoms with Gasteiger partial charge in [0.2, 0.25) is 0 Å². The molecule has 1 atom stereocenters. The lowest BCUT2D eigenvalue weighted by molar-refractivity contribution is 0.226. The maximum Gasteiger partial charge on any atom is 0.315 e. The monoisotopic (exact) mass is 330 g/mol. The first-order valence-electron chi connectivity index (χ1n) is 8.02. The second-order valence-corrected chi connectivity index (χ2v) is 5.77. The Kier molecular flexibility index (Phi) is 6.61. The molecule has 2 amide bonds. The Balaban J connectivity index is 1.66. The number of carbonyl (C=O) groups excluding carboxylic acids is 1. The van der Waals surface area contributed by atoms with Gasteiger partial charge in [-0.1, -0.05) is 35.9 Å². The molecule has 0 heterocycles. The summed E-state index contributed by atoms with van der Waals surface area (Å²) in [5, 5.41) is 5.52. The maximum absolute atomic E-state index is 13.5. The highest BCUT2D eigenvalue weighted by Crippen LogP contribution is 2.11. The number of amides is 2. The smallest absolute Gasteiger partial charge is 0.315 e. The van der Waals surface area contributed by atoms with Gasteiger partial charge in [0.05, 0.1) is 6.04 Å². The van der Waals surface area contributed by atoms with E-state index in [9.17, 15) is 9.18 Å². The van der Waals surface area contributed by atoms with Crippen LogP contribution < -0.4 is 15.4 Å². The average Bonchev–Trinajstić information content (AvgIpc) is 2.56. The molecule has 24 heavy (non-hydrogen) atoms. The van der Waals surface area contributed by atoms with E-state index < -0.39 is 0 Å². The predicted octanol–water partition coefficient (Wildman–Crippen LogP) is 3.44. The number of aryl methyl sites for hydroxylation is 1. The molecule has 0 spiro atoms. The molecule has 2 rings (SSSR count). The molecule has 0 aliphatic carbocycles. The van der Waals surface area contributed by atoms with Gasteiger partial charge in [0, 0.05) is 6.54 Å². The molecule has 5 heteroatoms. The van der Waals surface area contributed by atoms with E-state index in [1.165, 1.54) is 11.6 Å². The highest BCUT2D eigenvalue weighted by molar-refractivity contribution is 5.74. The quantitative estimate of drug-likeness (QED) is 0.817. The van der Waals surface area contributed by atoms with Crippen molar-refractivity contribution in [2.24, 2.45) is 0 Å². The summed E-state index contributed by atoms with van der Waals surface area (Å²) < 4.78 is 19.1. The van der Waals surface area contributed by atoms with E-state index in [1.807, 2.05) is 38.1 Å². The Morgan fingerprint density at radius 2 is 1.88 bits per heavy atom. The third kappa shape index (κ3) is 5.91. The van der Waals surface area contributed by atoms with Gasteiger partial charge in [0.25, 0.3) is 0 Å². The van der Waals surface area contributed by atoms with Crippen molar-refractivity contribution in [1.82, 2.24) is 10.6 Å². The molecular weight excluding hydrogens is 307 g/mol. The van der Waals surface area contributed by atoms with Crippen LogP contribution in [0.2, 0.25) is 0 Å². The summed E-state index contributed by atoms with van der Waals surface area (Å²) in [4.78, 5) is 11.8. The molecular formula is C19H23FN2O2. The zero-order valence-corrected chi connectivity index (χ0v) is 14.0. The number of urea groups is 1. The largest absolute Gasteiger partial charge is 0.491 e. The molecule has 128 valence electrons. The maximum atomic E-state index is 13.5. The molecule has 1 unspecified atom stereocenters. The van der Waals surface area contributed by atoms with Crippen LogP contribution in [0.25, 0.3) is 0 Å². The summed E-state index contributed by atoms with van der Waals surface area (Å²) in [6.07, 6.45) is 0.453. The number of halogens is 1. The zero-order chi connectivity index (χ0) is 17.4. The SMILES string of the molecule is Cc1ccc(OCC(C)NC(=O)NCCc2ccccc2F)cc1. The first kappa shape index (κ1) is 17.8. The molecule has 0 aromatic heterocycles. The minimum absolute atomic E-state index is 0.139. The van der Waals surface area contributed by atoms with Crippen LogP contribution in [-0.4, -0.2) is 25.2 Å². The number of benzene rings is 2. The van der Waals surface area contributed by atoms with Crippen LogP contribution >= 0.6 is 0 Å². The van der Waals surface area contributed by atoms with Gasteiger partial charge in [0.15, 0.2) is 0 Å². The second kappa shape index (κ2) is 8.91. The number of nitrogens with one attached hydrogen (secondary N) is 2. The Bertz CT molecular complexity index is 659. The fourth-order valence-electron chi connectivity index (χ4n) is 2.18. The average molecular weight is 330 g/mol. The topological polar surface area (TPSA) is 50.4 Å². The third-order valence-corrected chi connectivity index (χ3v) is 3.54. The summed E-state index contributed by atoms with van der Waals surface area (Å²) in [5.41, 5.74) is 1.76. The van der Waals surface area contributed by atoms with E-state index in [4.69, 9.17) is 4.74 Å². The van der Waals surface area contributed by atoms with Crippen LogP contribution in [0.5, 0.6) is 5.75 Å². The van der Waals surface area contributed by atoms with Crippen molar-refractivity contribution >= 4 is 6.03 Å². The van der Waals surface area contributed by atoms with Gasteiger partial charge in [-0.3, -0.25) is 0 Å². The van der Waals surface area contributed by atoms with Crippen molar-refractivity contribution < 1.29 is 13.9 Å². The molecule has 0 aliphatic rings. The lowest BCUT2D eigenvalue weighted by atomic mass is 10.1. The minimum atomic E-state index is -0.286. The lowest BCUT2D eigenvalue weighted by Crippen LogP contribution is -2.43. The van der Waals surface area contributed by atoms with Gasteiger partial charge in [-0.15, -0.1) is 0 Å². The fraction of sp³-hybridized carbons (Fsp3) is 0.316. The summed E-state index contributed by atoms with van der Waals surface area (Å²) in [5.74, 6) is 0.522. The molecule has 0 saturated heterocycles. The van der Waals surface area contributed by atoms with E-state index in [1.54, 1.807) is 18.2 Å². The van der Waals surface area contributed by atoms with E-state index in [0.29, 0.717) is 25.1 Å². The van der Waals surface area contributed by atoms with Gasteiger partial charge >= 0.3 is 6.03 Å². The molecule has 0 fully saturated rings. The summed E-state index contributed by atoms with van der Waals surface area (Å²) in [6.45, 7) is 4.63. The van der Waals surface area contributed by atoms with Crippen molar-refractivity contribution in [3.63, 3.8) is 0 Å². The number of rotatable bonds is 7. The molecule has 2 aromatic carbocycles. The Labute approximate surface area is 142 Å². The van der Waals surface area contributed by atoms with Crippen molar-refractivity contribution in [1.29, 1.82) is 0 Å². The number of hydrogen-bond acceptors (Lipinski definition) is 2.